The van der Waals surface area contributed by atoms with Crippen molar-refractivity contribution in [2.45, 2.75) is 0 Å². The minimum absolute atomic E-state index is 0.0627. The van der Waals surface area contributed by atoms with E-state index in [1.807, 2.05) is 0 Å². The Morgan fingerprint density at radius 3 is 2.59 bits per heavy atom. The topological polar surface area (TPSA) is 142 Å². The van der Waals surface area contributed by atoms with Gasteiger partial charge in [-0.05, 0) is 29.8 Å². The first-order valence-electron chi connectivity index (χ1n) is 7.63. The average molecular weight is 370 g/mol. The van der Waals surface area contributed by atoms with Crippen molar-refractivity contribution in [3.8, 4) is 17.2 Å². The minimum atomic E-state index is -1.27. The van der Waals surface area contributed by atoms with E-state index in [1.54, 1.807) is 18.2 Å². The number of fused-ring (bicyclic) bond motifs is 1. The predicted octanol–water partition coefficient (Wildman–Crippen LogP) is 3.19. The summed E-state index contributed by atoms with van der Waals surface area (Å²) in [6.45, 7) is 0. The quantitative estimate of drug-likeness (QED) is 0.365. The fourth-order valence-corrected chi connectivity index (χ4v) is 2.67. The van der Waals surface area contributed by atoms with Gasteiger partial charge in [-0.15, -0.1) is 0 Å². The molecule has 1 aliphatic heterocycles. The minimum Gasteiger partial charge on any atom is -0.505 e. The summed E-state index contributed by atoms with van der Waals surface area (Å²) in [6.07, 6.45) is 4.85. The Kier molecular flexibility index (Phi) is 4.43. The summed E-state index contributed by atoms with van der Waals surface area (Å²) in [5.74, 6) is -2.32. The van der Waals surface area contributed by atoms with Crippen LogP contribution in [0, 0.1) is 10.1 Å². The average Bonchev–Trinajstić information content (AvgIpc) is 2.63. The molecule has 9 nitrogen and oxygen atoms in total. The molecule has 0 fully saturated rings. The number of nitrogens with one attached hydrogen (secondary N) is 1. The van der Waals surface area contributed by atoms with Gasteiger partial charge in [0, 0.05) is 17.3 Å². The highest BCUT2D eigenvalue weighted by Gasteiger charge is 2.21. The summed E-state index contributed by atoms with van der Waals surface area (Å²) in [7, 11) is 1.27. The Bertz CT molecular complexity index is 1020. The standard InChI is InChI=1S/C18H14N2O7/c1-27-14-8-9(7-13(17(14)22)20(25)26)6-11-4-2-10-3-5-12(18(23)24)16(21)15(10)19-11/h2-8,19,21-22H,1H3,(H,23,24)/b11-6+. The number of carboxylic acid groups (broad SMARTS) is 1. The summed E-state index contributed by atoms with van der Waals surface area (Å²) in [5.41, 5.74) is 0.839. The molecule has 0 radical (unpaired) electrons. The number of nitro benzene ring substituents is 1. The van der Waals surface area contributed by atoms with Gasteiger partial charge in [0.1, 0.15) is 5.56 Å². The normalized spacial score (nSPS) is 13.7. The molecule has 0 atom stereocenters. The molecule has 0 bridgehead atoms. The van der Waals surface area contributed by atoms with E-state index in [2.05, 4.69) is 5.32 Å². The second kappa shape index (κ2) is 6.71. The van der Waals surface area contributed by atoms with Gasteiger partial charge in [-0.3, -0.25) is 10.1 Å². The molecule has 1 heterocycles. The van der Waals surface area contributed by atoms with Crippen LogP contribution in [0.3, 0.4) is 0 Å². The molecule has 0 aromatic heterocycles. The number of ether oxygens (including phenoxy) is 1. The summed E-state index contributed by atoms with van der Waals surface area (Å²) >= 11 is 0. The van der Waals surface area contributed by atoms with Crippen molar-refractivity contribution >= 4 is 29.5 Å². The number of benzene rings is 2. The first-order valence-corrected chi connectivity index (χ1v) is 7.63. The number of hydrogen-bond donors (Lipinski definition) is 4. The van der Waals surface area contributed by atoms with Gasteiger partial charge in [-0.2, -0.15) is 0 Å². The van der Waals surface area contributed by atoms with Gasteiger partial charge in [0.15, 0.2) is 11.5 Å². The second-order valence-corrected chi connectivity index (χ2v) is 5.64. The van der Waals surface area contributed by atoms with E-state index in [0.717, 1.165) is 0 Å². The molecule has 0 saturated carbocycles. The maximum atomic E-state index is 11.2. The highest BCUT2D eigenvalue weighted by Crippen LogP contribution is 2.39. The van der Waals surface area contributed by atoms with Gasteiger partial charge in [-0.25, -0.2) is 4.79 Å². The van der Waals surface area contributed by atoms with Gasteiger partial charge >= 0.3 is 11.7 Å². The molecular weight excluding hydrogens is 356 g/mol. The highest BCUT2D eigenvalue weighted by atomic mass is 16.6. The fourth-order valence-electron chi connectivity index (χ4n) is 2.67. The highest BCUT2D eigenvalue weighted by molar-refractivity contribution is 5.96. The molecular formula is C18H14N2O7. The van der Waals surface area contributed by atoms with Crippen LogP contribution in [-0.2, 0) is 0 Å². The maximum Gasteiger partial charge on any atom is 0.339 e. The number of aromatic hydroxyl groups is 2. The number of phenols is 2. The largest absolute Gasteiger partial charge is 0.505 e. The van der Waals surface area contributed by atoms with Crippen molar-refractivity contribution in [3.05, 3.63) is 62.8 Å². The lowest BCUT2D eigenvalue weighted by atomic mass is 10.0. The Balaban J connectivity index is 2.04. The molecule has 0 aliphatic carbocycles. The zero-order chi connectivity index (χ0) is 19.7. The second-order valence-electron chi connectivity index (χ2n) is 5.64. The number of allylic oxidation sites excluding steroid dienone is 1. The lowest BCUT2D eigenvalue weighted by Gasteiger charge is -2.18. The van der Waals surface area contributed by atoms with Crippen molar-refractivity contribution in [1.29, 1.82) is 0 Å². The molecule has 0 amide bonds. The summed E-state index contributed by atoms with van der Waals surface area (Å²) in [5, 5.41) is 43.1. The third kappa shape index (κ3) is 3.25. The van der Waals surface area contributed by atoms with Crippen molar-refractivity contribution in [2.24, 2.45) is 0 Å². The Morgan fingerprint density at radius 2 is 1.96 bits per heavy atom. The lowest BCUT2D eigenvalue weighted by Crippen LogP contribution is -2.06. The number of rotatable bonds is 4. The Morgan fingerprint density at radius 1 is 1.22 bits per heavy atom. The Hall–Kier alpha value is -4.01. The number of methoxy groups -OCH3 is 1. The number of phenolic OH excluding ortho intramolecular Hbond substituents is 1. The van der Waals surface area contributed by atoms with Gasteiger partial charge in [-0.1, -0.05) is 12.1 Å². The molecule has 0 unspecified atom stereocenters. The van der Waals surface area contributed by atoms with E-state index in [1.165, 1.54) is 31.4 Å². The molecule has 2 aromatic rings. The first-order chi connectivity index (χ1) is 12.8. The molecule has 1 aliphatic rings. The van der Waals surface area contributed by atoms with E-state index in [9.17, 15) is 25.1 Å². The van der Waals surface area contributed by atoms with E-state index >= 15 is 0 Å². The number of anilines is 1. The number of nitrogens with zero attached hydrogens (tertiary/aromatic N) is 1. The van der Waals surface area contributed by atoms with E-state index < -0.39 is 28.1 Å². The predicted molar refractivity (Wildman–Crippen MR) is 97.0 cm³/mol. The molecule has 9 heteroatoms. The first kappa shape index (κ1) is 17.8. The van der Waals surface area contributed by atoms with Crippen LogP contribution in [0.25, 0.3) is 12.2 Å². The van der Waals surface area contributed by atoms with Crippen LogP contribution < -0.4 is 10.1 Å². The third-order valence-corrected chi connectivity index (χ3v) is 3.97. The number of aromatic carboxylic acids is 1. The van der Waals surface area contributed by atoms with Gasteiger partial charge < -0.3 is 25.4 Å². The summed E-state index contributed by atoms with van der Waals surface area (Å²) < 4.78 is 4.96. The van der Waals surface area contributed by atoms with Crippen LogP contribution in [0.15, 0.2) is 36.0 Å². The molecule has 0 saturated heterocycles. The lowest BCUT2D eigenvalue weighted by molar-refractivity contribution is -0.386. The van der Waals surface area contributed by atoms with E-state index in [4.69, 9.17) is 9.84 Å². The molecule has 27 heavy (non-hydrogen) atoms. The molecule has 138 valence electrons. The maximum absolute atomic E-state index is 11.2. The van der Waals surface area contributed by atoms with E-state index in [-0.39, 0.29) is 17.0 Å². The summed E-state index contributed by atoms with van der Waals surface area (Å²) in [4.78, 5) is 21.5. The number of carbonyl (C=O) groups is 1. The molecule has 2 aromatic carbocycles. The Labute approximate surface area is 152 Å². The molecule has 0 spiro atoms. The van der Waals surface area contributed by atoms with Crippen molar-refractivity contribution in [1.82, 2.24) is 0 Å². The van der Waals surface area contributed by atoms with Crippen LogP contribution in [0.5, 0.6) is 17.2 Å². The van der Waals surface area contributed by atoms with Gasteiger partial charge in [0.25, 0.3) is 0 Å². The monoisotopic (exact) mass is 370 g/mol. The smallest absolute Gasteiger partial charge is 0.339 e. The van der Waals surface area contributed by atoms with Gasteiger partial charge in [0.05, 0.1) is 17.7 Å². The van der Waals surface area contributed by atoms with Crippen molar-refractivity contribution in [3.63, 3.8) is 0 Å². The van der Waals surface area contributed by atoms with E-state index in [0.29, 0.717) is 16.8 Å². The molecule has 4 N–H and O–H groups in total. The molecule has 3 rings (SSSR count). The number of nitro groups is 1. The van der Waals surface area contributed by atoms with Crippen molar-refractivity contribution in [2.75, 3.05) is 12.4 Å². The number of carboxylic acids is 1. The number of hydrogen-bond acceptors (Lipinski definition) is 7. The zero-order valence-corrected chi connectivity index (χ0v) is 14.0. The van der Waals surface area contributed by atoms with Crippen molar-refractivity contribution < 1.29 is 29.8 Å². The van der Waals surface area contributed by atoms with Crippen LogP contribution in [0.1, 0.15) is 21.5 Å². The van der Waals surface area contributed by atoms with Crippen LogP contribution in [-0.4, -0.2) is 33.3 Å². The zero-order valence-electron chi connectivity index (χ0n) is 14.0. The fraction of sp³-hybridized carbons (Fsp3) is 0.0556. The third-order valence-electron chi connectivity index (χ3n) is 3.97. The SMILES string of the molecule is COc1cc(/C=C2\C=Cc3ccc(C(=O)O)c(O)c3N2)cc([N+](=O)[O-])c1O. The summed E-state index contributed by atoms with van der Waals surface area (Å²) in [6, 6.07) is 5.43. The van der Waals surface area contributed by atoms with Crippen LogP contribution in [0.4, 0.5) is 11.4 Å². The van der Waals surface area contributed by atoms with Crippen LogP contribution in [0.2, 0.25) is 0 Å². The van der Waals surface area contributed by atoms with Crippen LogP contribution >= 0.6 is 0 Å². The van der Waals surface area contributed by atoms with Gasteiger partial charge in [0.2, 0.25) is 5.75 Å².